The number of carbonyl (C=O) groups is 2. The van der Waals surface area contributed by atoms with Crippen LogP contribution in [0, 0.1) is 0 Å². The number of hydrogen-bond donors (Lipinski definition) is 1. The number of carboxylic acids is 1. The van der Waals surface area contributed by atoms with Crippen LogP contribution in [0.15, 0.2) is 10.7 Å². The van der Waals surface area contributed by atoms with Gasteiger partial charge in [-0.15, -0.1) is 0 Å². The fraction of sp³-hybridized carbons (Fsp3) is 0.417. The molecule has 7 nitrogen and oxygen atoms in total. The zero-order valence-electron chi connectivity index (χ0n) is 10.8. The first kappa shape index (κ1) is 13.1. The van der Waals surface area contributed by atoms with Gasteiger partial charge >= 0.3 is 12.1 Å². The molecule has 19 heavy (non-hydrogen) atoms. The zero-order valence-corrected chi connectivity index (χ0v) is 10.8. The van der Waals surface area contributed by atoms with Gasteiger partial charge in [0.15, 0.2) is 11.5 Å². The first-order chi connectivity index (χ1) is 8.78. The predicted molar refractivity (Wildman–Crippen MR) is 64.3 cm³/mol. The Kier molecular flexibility index (Phi) is 3.05. The van der Waals surface area contributed by atoms with Gasteiger partial charge in [-0.1, -0.05) is 5.16 Å². The van der Waals surface area contributed by atoms with Gasteiger partial charge in [-0.25, -0.2) is 9.59 Å². The molecule has 7 heteroatoms. The van der Waals surface area contributed by atoms with Crippen LogP contribution < -0.4 is 0 Å². The third-order valence-electron chi connectivity index (χ3n) is 2.38. The molecule has 0 unspecified atom stereocenters. The molecule has 0 aliphatic carbocycles. The van der Waals surface area contributed by atoms with Crippen molar-refractivity contribution in [3.8, 4) is 0 Å². The van der Waals surface area contributed by atoms with E-state index in [1.165, 1.54) is 17.2 Å². The second-order valence-corrected chi connectivity index (χ2v) is 5.10. The number of amides is 1. The zero-order chi connectivity index (χ0) is 14.2. The van der Waals surface area contributed by atoms with E-state index in [0.29, 0.717) is 11.3 Å². The second-order valence-electron chi connectivity index (χ2n) is 5.10. The number of hydrogen-bond acceptors (Lipinski definition) is 5. The molecule has 0 saturated heterocycles. The van der Waals surface area contributed by atoms with Crippen LogP contribution in [0.1, 0.15) is 42.6 Å². The number of aromatic nitrogens is 1. The molecule has 2 rings (SSSR count). The molecule has 0 saturated carbocycles. The summed E-state index contributed by atoms with van der Waals surface area (Å²) in [7, 11) is 0. The number of carboxylic acid groups (broad SMARTS) is 1. The third-order valence-corrected chi connectivity index (χ3v) is 2.38. The molecule has 0 atom stereocenters. The minimum Gasteiger partial charge on any atom is -0.476 e. The number of fused-ring (bicyclic) bond motifs is 1. The van der Waals surface area contributed by atoms with E-state index in [1.54, 1.807) is 20.8 Å². The van der Waals surface area contributed by atoms with Gasteiger partial charge < -0.3 is 14.4 Å². The van der Waals surface area contributed by atoms with Crippen LogP contribution in [-0.2, 0) is 11.3 Å². The summed E-state index contributed by atoms with van der Waals surface area (Å²) in [6.45, 7) is 5.33. The molecule has 0 bridgehead atoms. The second kappa shape index (κ2) is 4.42. The highest BCUT2D eigenvalue weighted by Gasteiger charge is 2.29. The summed E-state index contributed by atoms with van der Waals surface area (Å²) in [5.41, 5.74) is -0.441. The molecular weight excluding hydrogens is 252 g/mol. The number of rotatable bonds is 1. The average Bonchev–Trinajstić information content (AvgIpc) is 2.68. The molecule has 1 aliphatic heterocycles. The van der Waals surface area contributed by atoms with Gasteiger partial charge in [-0.2, -0.15) is 0 Å². The Hall–Kier alpha value is -2.31. The molecular formula is C12H14N2O5. The molecule has 1 aromatic rings. The normalized spacial score (nSPS) is 14.2. The van der Waals surface area contributed by atoms with E-state index in [-0.39, 0.29) is 12.2 Å². The number of aromatic carboxylic acids is 1. The lowest BCUT2D eigenvalue weighted by atomic mass is 10.1. The van der Waals surface area contributed by atoms with E-state index in [4.69, 9.17) is 14.4 Å². The smallest absolute Gasteiger partial charge is 0.414 e. The molecule has 102 valence electrons. The van der Waals surface area contributed by atoms with Gasteiger partial charge in [0.1, 0.15) is 5.60 Å². The summed E-state index contributed by atoms with van der Waals surface area (Å²) in [6.07, 6.45) is 2.42. The van der Waals surface area contributed by atoms with Gasteiger partial charge in [-0.3, -0.25) is 4.90 Å². The van der Waals surface area contributed by atoms with Crippen molar-refractivity contribution in [3.05, 3.63) is 23.2 Å². The van der Waals surface area contributed by atoms with Gasteiger partial charge in [0.2, 0.25) is 0 Å². The highest BCUT2D eigenvalue weighted by molar-refractivity contribution is 5.88. The summed E-state index contributed by atoms with van der Waals surface area (Å²) >= 11 is 0. The minimum atomic E-state index is -1.19. The third kappa shape index (κ3) is 2.75. The van der Waals surface area contributed by atoms with E-state index in [1.807, 2.05) is 0 Å². The summed E-state index contributed by atoms with van der Waals surface area (Å²) in [6, 6.07) is 0. The van der Waals surface area contributed by atoms with E-state index in [9.17, 15) is 9.59 Å². The Labute approximate surface area is 109 Å². The number of carbonyl (C=O) groups excluding carboxylic acids is 1. The SMILES string of the molecule is CC(C)(C)OC(=O)N1C=Cc2onc(C(=O)O)c2C1. The molecule has 1 N–H and O–H groups in total. The van der Waals surface area contributed by atoms with Crippen LogP contribution in [0.4, 0.5) is 4.79 Å². The largest absolute Gasteiger partial charge is 0.476 e. The summed E-state index contributed by atoms with van der Waals surface area (Å²) in [5.74, 6) is -0.846. The van der Waals surface area contributed by atoms with Crippen molar-refractivity contribution in [1.29, 1.82) is 0 Å². The van der Waals surface area contributed by atoms with E-state index >= 15 is 0 Å². The highest BCUT2D eigenvalue weighted by Crippen LogP contribution is 2.24. The highest BCUT2D eigenvalue weighted by atomic mass is 16.6. The van der Waals surface area contributed by atoms with Gasteiger partial charge in [0.05, 0.1) is 12.1 Å². The van der Waals surface area contributed by atoms with E-state index in [0.717, 1.165) is 0 Å². The minimum absolute atomic E-state index is 0.0614. The molecule has 0 aromatic carbocycles. The summed E-state index contributed by atoms with van der Waals surface area (Å²) in [4.78, 5) is 24.1. The lowest BCUT2D eigenvalue weighted by Crippen LogP contribution is -2.34. The van der Waals surface area contributed by atoms with Crippen LogP contribution in [0.5, 0.6) is 0 Å². The first-order valence-corrected chi connectivity index (χ1v) is 5.67. The molecule has 1 aliphatic rings. The van der Waals surface area contributed by atoms with Crippen molar-refractivity contribution in [1.82, 2.24) is 10.1 Å². The molecule has 1 aromatic heterocycles. The molecule has 0 fully saturated rings. The van der Waals surface area contributed by atoms with Crippen molar-refractivity contribution in [2.24, 2.45) is 0 Å². The number of nitrogens with zero attached hydrogens (tertiary/aromatic N) is 2. The van der Waals surface area contributed by atoms with Gasteiger partial charge in [-0.05, 0) is 20.8 Å². The molecule has 0 spiro atoms. The summed E-state index contributed by atoms with van der Waals surface area (Å²) < 4.78 is 10.1. The predicted octanol–water partition coefficient (Wildman–Crippen LogP) is 2.09. The van der Waals surface area contributed by atoms with Crippen LogP contribution in [-0.4, -0.2) is 32.8 Å². The standard InChI is InChI=1S/C12H14N2O5/c1-12(2,3)18-11(17)14-5-4-8-7(6-14)9(10(15)16)13-19-8/h4-5H,6H2,1-3H3,(H,15,16). The van der Waals surface area contributed by atoms with Crippen molar-refractivity contribution in [3.63, 3.8) is 0 Å². The van der Waals surface area contributed by atoms with Crippen LogP contribution >= 0.6 is 0 Å². The topological polar surface area (TPSA) is 92.9 Å². The first-order valence-electron chi connectivity index (χ1n) is 5.67. The van der Waals surface area contributed by atoms with Gasteiger partial charge in [0, 0.05) is 12.3 Å². The maximum Gasteiger partial charge on any atom is 0.414 e. The Morgan fingerprint density at radius 2 is 2.16 bits per heavy atom. The van der Waals surface area contributed by atoms with Gasteiger partial charge in [0.25, 0.3) is 0 Å². The summed E-state index contributed by atoms with van der Waals surface area (Å²) in [5, 5.41) is 12.4. The van der Waals surface area contributed by atoms with E-state index in [2.05, 4.69) is 5.16 Å². The Bertz CT molecular complexity index is 553. The van der Waals surface area contributed by atoms with Crippen LogP contribution in [0.3, 0.4) is 0 Å². The van der Waals surface area contributed by atoms with Crippen molar-refractivity contribution < 1.29 is 24.0 Å². The maximum absolute atomic E-state index is 11.9. The molecule has 0 radical (unpaired) electrons. The maximum atomic E-state index is 11.9. The monoisotopic (exact) mass is 266 g/mol. The average molecular weight is 266 g/mol. The Balaban J connectivity index is 2.20. The van der Waals surface area contributed by atoms with Crippen molar-refractivity contribution in [2.45, 2.75) is 32.9 Å². The Morgan fingerprint density at radius 3 is 2.74 bits per heavy atom. The Morgan fingerprint density at radius 1 is 1.47 bits per heavy atom. The van der Waals surface area contributed by atoms with Crippen LogP contribution in [0.2, 0.25) is 0 Å². The quantitative estimate of drug-likeness (QED) is 0.836. The van der Waals surface area contributed by atoms with E-state index < -0.39 is 17.7 Å². The lowest BCUT2D eigenvalue weighted by molar-refractivity contribution is 0.0320. The number of ether oxygens (including phenoxy) is 1. The lowest BCUT2D eigenvalue weighted by Gasteiger charge is -2.26. The van der Waals surface area contributed by atoms with Crippen molar-refractivity contribution >= 4 is 18.1 Å². The molecule has 2 heterocycles. The fourth-order valence-electron chi connectivity index (χ4n) is 1.60. The van der Waals surface area contributed by atoms with Crippen molar-refractivity contribution in [2.75, 3.05) is 0 Å². The van der Waals surface area contributed by atoms with Crippen LogP contribution in [0.25, 0.3) is 6.08 Å². The molecule has 1 amide bonds. The fourth-order valence-corrected chi connectivity index (χ4v) is 1.60.